The van der Waals surface area contributed by atoms with E-state index in [4.69, 9.17) is 38.3 Å². The van der Waals surface area contributed by atoms with Crippen molar-refractivity contribution >= 4 is 47.3 Å². The van der Waals surface area contributed by atoms with Crippen molar-refractivity contribution in [3.8, 4) is 5.75 Å². The Kier molecular flexibility index (Phi) is 26.6. The van der Waals surface area contributed by atoms with Crippen LogP contribution in [0.25, 0.3) is 5.57 Å². The number of phenolic OH excluding ortho intramolecular Hbond substituents is 1. The molecule has 23 heteroatoms. The van der Waals surface area contributed by atoms with E-state index in [1.54, 1.807) is 25.3 Å². The lowest BCUT2D eigenvalue weighted by atomic mass is 9.77. The molecule has 0 bridgehead atoms. The number of hydrogen-bond acceptors (Lipinski definition) is 17. The predicted molar refractivity (Wildman–Crippen MR) is 271 cm³/mol. The largest absolute Gasteiger partial charge is 0.507 e. The molecule has 71 heavy (non-hydrogen) atoms. The van der Waals surface area contributed by atoms with E-state index in [2.05, 4.69) is 0 Å². The topological polar surface area (TPSA) is 275 Å². The molecule has 0 spiro atoms. The van der Waals surface area contributed by atoms with E-state index in [0.717, 1.165) is 5.57 Å². The smallest absolute Gasteiger partial charge is 0.294 e. The quantitative estimate of drug-likeness (QED) is 0.0431. The molecule has 1 aliphatic heterocycles. The zero-order valence-electron chi connectivity index (χ0n) is 41.7. The van der Waals surface area contributed by atoms with Gasteiger partial charge in [-0.25, -0.2) is 0 Å². The van der Waals surface area contributed by atoms with E-state index in [1.807, 2.05) is 67.9 Å². The second-order valence-corrected chi connectivity index (χ2v) is 22.4. The molecular formula is C48H76N2O18S3. The van der Waals surface area contributed by atoms with E-state index >= 15 is 0 Å². The van der Waals surface area contributed by atoms with Gasteiger partial charge in [-0.05, 0) is 85.6 Å². The normalized spacial score (nSPS) is 16.4. The molecule has 0 saturated heterocycles. The minimum absolute atomic E-state index is 0.00159. The van der Waals surface area contributed by atoms with Gasteiger partial charge < -0.3 is 53.2 Å². The van der Waals surface area contributed by atoms with Gasteiger partial charge in [0.1, 0.15) is 5.75 Å². The Morgan fingerprint density at radius 2 is 1.28 bits per heavy atom. The monoisotopic (exact) mass is 1060 g/mol. The summed E-state index contributed by atoms with van der Waals surface area (Å²) in [6, 6.07) is 9.53. The molecule has 1 heterocycles. The average molecular weight is 1070 g/mol. The number of ether oxygens (including phenoxy) is 7. The SMILES string of the molecule is COCCOCCOCCOCCN(CCCS(=O)(=O)O)c1ccc(/C(=C\C/C=C/C=C2/N(CCOCCOCCOCCO)c3ccc(S(=O)(=O)O)cc3C2(C)CCCS(=O)(=O)O)C(C)(C)C)c(O)c1. The Labute approximate surface area is 420 Å². The highest BCUT2D eigenvalue weighted by Gasteiger charge is 2.43. The number of methoxy groups -OCH3 is 1. The summed E-state index contributed by atoms with van der Waals surface area (Å²) in [7, 11) is -11.5. The molecule has 0 fully saturated rings. The number of fused-ring (bicyclic) bond motifs is 1. The number of nitrogens with zero attached hydrogens (tertiary/aromatic N) is 2. The number of anilines is 2. The van der Waals surface area contributed by atoms with E-state index < -0.39 is 52.7 Å². The third kappa shape index (κ3) is 22.6. The van der Waals surface area contributed by atoms with Gasteiger partial charge in [0, 0.05) is 60.9 Å². The molecular weight excluding hydrogens is 989 g/mol. The van der Waals surface area contributed by atoms with Crippen LogP contribution in [-0.2, 0) is 68.9 Å². The van der Waals surface area contributed by atoms with Crippen molar-refractivity contribution in [3.63, 3.8) is 0 Å². The van der Waals surface area contributed by atoms with Gasteiger partial charge in [-0.2, -0.15) is 25.3 Å². The number of aromatic hydroxyl groups is 1. The van der Waals surface area contributed by atoms with Crippen LogP contribution < -0.4 is 9.80 Å². The summed E-state index contributed by atoms with van der Waals surface area (Å²) < 4.78 is 139. The molecule has 3 rings (SSSR count). The van der Waals surface area contributed by atoms with Crippen LogP contribution in [0.15, 0.2) is 71.3 Å². The van der Waals surface area contributed by atoms with Crippen LogP contribution >= 0.6 is 0 Å². The van der Waals surface area contributed by atoms with Crippen molar-refractivity contribution in [2.45, 2.75) is 63.7 Å². The number of allylic oxidation sites excluding steroid dienone is 6. The molecule has 1 unspecified atom stereocenters. The van der Waals surface area contributed by atoms with Crippen molar-refractivity contribution in [2.75, 3.05) is 141 Å². The number of hydrogen-bond donors (Lipinski definition) is 5. The van der Waals surface area contributed by atoms with Gasteiger partial charge in [0.2, 0.25) is 0 Å². The first kappa shape index (κ1) is 61.8. The Hall–Kier alpha value is -3.53. The fourth-order valence-corrected chi connectivity index (χ4v) is 9.43. The molecule has 2 aromatic rings. The van der Waals surface area contributed by atoms with Crippen LogP contribution in [0.3, 0.4) is 0 Å². The van der Waals surface area contributed by atoms with Crippen LogP contribution in [0.2, 0.25) is 0 Å². The highest BCUT2D eigenvalue weighted by molar-refractivity contribution is 7.86. The number of benzene rings is 2. The molecule has 0 saturated carbocycles. The second-order valence-electron chi connectivity index (χ2n) is 17.8. The molecule has 1 aliphatic rings. The highest BCUT2D eigenvalue weighted by Crippen LogP contribution is 2.51. The molecule has 0 radical (unpaired) electrons. The second kappa shape index (κ2) is 30.6. The third-order valence-corrected chi connectivity index (χ3v) is 13.8. The minimum Gasteiger partial charge on any atom is -0.507 e. The number of aliphatic hydroxyl groups is 1. The average Bonchev–Trinajstić information content (AvgIpc) is 3.50. The number of phenols is 1. The maximum Gasteiger partial charge on any atom is 0.294 e. The standard InChI is InChI=1S/C48H76N2O18S3/c1-47(2,3)42(41-15-13-39(37-45(41)52)49(18-10-36-70(56,57)58)19-22-63-27-30-68-34-33-66-26-25-62-5)11-7-6-8-12-46-48(4,17-9-35-69(53,54)55)43-38-40(71(59,60)61)14-16-44(43)50(46)20-23-64-28-31-67-32-29-65-24-21-51/h6,8,11-16,37-38,51-52H,7,9-10,17-36H2,1-5H3,(H,53,54,55)(H,56,57,58)(H,59,60,61)/b8-6+,42-11+,46-12+. The van der Waals surface area contributed by atoms with Gasteiger partial charge in [-0.1, -0.05) is 39.0 Å². The van der Waals surface area contributed by atoms with Crippen molar-refractivity contribution in [2.24, 2.45) is 5.41 Å². The van der Waals surface area contributed by atoms with Crippen molar-refractivity contribution in [3.05, 3.63) is 77.5 Å². The first-order chi connectivity index (χ1) is 33.5. The van der Waals surface area contributed by atoms with Crippen LogP contribution in [0.4, 0.5) is 11.4 Å². The van der Waals surface area contributed by atoms with Gasteiger partial charge in [0.15, 0.2) is 0 Å². The van der Waals surface area contributed by atoms with E-state index in [1.165, 1.54) is 12.1 Å². The van der Waals surface area contributed by atoms with Gasteiger partial charge >= 0.3 is 0 Å². The van der Waals surface area contributed by atoms with Crippen LogP contribution in [0, 0.1) is 5.41 Å². The minimum atomic E-state index is -4.61. The Balaban J connectivity index is 1.87. The zero-order chi connectivity index (χ0) is 52.6. The molecule has 0 aliphatic carbocycles. The Morgan fingerprint density at radius 3 is 1.83 bits per heavy atom. The summed E-state index contributed by atoms with van der Waals surface area (Å²) in [5.41, 5.74) is 2.49. The molecule has 404 valence electrons. The molecule has 5 N–H and O–H groups in total. The Bertz CT molecular complexity index is 2350. The van der Waals surface area contributed by atoms with Gasteiger partial charge in [-0.3, -0.25) is 13.7 Å². The summed E-state index contributed by atoms with van der Waals surface area (Å²) in [4.78, 5) is 3.51. The lowest BCUT2D eigenvalue weighted by Crippen LogP contribution is -2.31. The summed E-state index contributed by atoms with van der Waals surface area (Å²) in [5.74, 6) is -0.953. The maximum atomic E-state index is 12.3. The van der Waals surface area contributed by atoms with Gasteiger partial charge in [-0.15, -0.1) is 0 Å². The summed E-state index contributed by atoms with van der Waals surface area (Å²) in [6.45, 7) is 13.2. The van der Waals surface area contributed by atoms with Crippen molar-refractivity contribution < 1.29 is 82.3 Å². The lowest BCUT2D eigenvalue weighted by Gasteiger charge is -2.30. The first-order valence-electron chi connectivity index (χ1n) is 23.5. The number of rotatable bonds is 37. The maximum absolute atomic E-state index is 12.3. The third-order valence-electron chi connectivity index (χ3n) is 11.3. The van der Waals surface area contributed by atoms with Crippen LogP contribution in [0.5, 0.6) is 5.75 Å². The summed E-state index contributed by atoms with van der Waals surface area (Å²) in [6.07, 6.45) is 8.37. The summed E-state index contributed by atoms with van der Waals surface area (Å²) in [5, 5.41) is 20.4. The first-order valence-corrected chi connectivity index (χ1v) is 28.2. The van der Waals surface area contributed by atoms with Gasteiger partial charge in [0.25, 0.3) is 30.4 Å². The van der Waals surface area contributed by atoms with Crippen molar-refractivity contribution in [1.29, 1.82) is 0 Å². The van der Waals surface area contributed by atoms with Crippen LogP contribution in [-0.4, -0.2) is 180 Å². The molecule has 0 aromatic heterocycles. The molecule has 1 atom stereocenters. The van der Waals surface area contributed by atoms with Crippen LogP contribution in [0.1, 0.15) is 64.5 Å². The Morgan fingerprint density at radius 1 is 0.718 bits per heavy atom. The highest BCUT2D eigenvalue weighted by atomic mass is 32.2. The van der Waals surface area contributed by atoms with E-state index in [0.29, 0.717) is 107 Å². The fourth-order valence-electron chi connectivity index (χ4n) is 7.92. The molecule has 2 aromatic carbocycles. The van der Waals surface area contributed by atoms with Gasteiger partial charge in [0.05, 0.1) is 109 Å². The summed E-state index contributed by atoms with van der Waals surface area (Å²) >= 11 is 0. The van der Waals surface area contributed by atoms with Crippen molar-refractivity contribution in [1.82, 2.24) is 0 Å². The van der Waals surface area contributed by atoms with E-state index in [-0.39, 0.29) is 69.5 Å². The zero-order valence-corrected chi connectivity index (χ0v) is 44.1. The molecule has 20 nitrogen and oxygen atoms in total. The predicted octanol–water partition coefficient (Wildman–Crippen LogP) is 5.17. The number of aliphatic hydroxyl groups excluding tert-OH is 1. The van der Waals surface area contributed by atoms with E-state index in [9.17, 15) is 44.0 Å². The molecule has 0 amide bonds. The fraction of sp³-hybridized carbons (Fsp3) is 0.625. The lowest BCUT2D eigenvalue weighted by molar-refractivity contribution is 0.00455.